The molecule has 0 N–H and O–H groups in total. The molecule has 1 aliphatic carbocycles. The Bertz CT molecular complexity index is 664. The van der Waals surface area contributed by atoms with Crippen LogP contribution in [0, 0.1) is 0 Å². The highest BCUT2D eigenvalue weighted by Crippen LogP contribution is 2.39. The lowest BCUT2D eigenvalue weighted by molar-refractivity contribution is 0.490. The van der Waals surface area contributed by atoms with Crippen LogP contribution in [-0.4, -0.2) is 41.4 Å². The number of anilines is 2. The number of hydrogen-bond acceptors (Lipinski definition) is 5. The van der Waals surface area contributed by atoms with Crippen molar-refractivity contribution < 1.29 is 0 Å². The molecule has 0 unspecified atom stereocenters. The van der Waals surface area contributed by atoms with Gasteiger partial charge in [0.2, 0.25) is 0 Å². The number of likely N-dealkylation sites (N-methyl/N-ethyl adjacent to an activating group) is 1. The Morgan fingerprint density at radius 2 is 2.00 bits per heavy atom. The second-order valence-corrected chi connectivity index (χ2v) is 6.49. The second-order valence-electron chi connectivity index (χ2n) is 6.09. The van der Waals surface area contributed by atoms with Crippen molar-refractivity contribution in [3.8, 4) is 0 Å². The molecule has 1 saturated carbocycles. The van der Waals surface area contributed by atoms with E-state index >= 15 is 0 Å². The minimum atomic E-state index is 0.435. The Morgan fingerprint density at radius 1 is 1.18 bits per heavy atom. The van der Waals surface area contributed by atoms with Crippen LogP contribution in [0.15, 0.2) is 30.6 Å². The van der Waals surface area contributed by atoms with Crippen molar-refractivity contribution in [1.29, 1.82) is 0 Å². The van der Waals surface area contributed by atoms with Gasteiger partial charge in [0, 0.05) is 38.4 Å². The molecule has 114 valence electrons. The van der Waals surface area contributed by atoms with Gasteiger partial charge in [-0.3, -0.25) is 4.98 Å². The van der Waals surface area contributed by atoms with Crippen LogP contribution in [0.2, 0.25) is 5.02 Å². The predicted molar refractivity (Wildman–Crippen MR) is 87.7 cm³/mol. The van der Waals surface area contributed by atoms with E-state index in [1.54, 1.807) is 12.4 Å². The Balaban J connectivity index is 1.40. The highest BCUT2D eigenvalue weighted by atomic mass is 35.5. The monoisotopic (exact) mass is 315 g/mol. The van der Waals surface area contributed by atoms with Gasteiger partial charge in [-0.1, -0.05) is 11.6 Å². The summed E-state index contributed by atoms with van der Waals surface area (Å²) in [5.74, 6) is 1.63. The first-order valence-electron chi connectivity index (χ1n) is 7.63. The quantitative estimate of drug-likeness (QED) is 0.868. The predicted octanol–water partition coefficient (Wildman–Crippen LogP) is 2.73. The lowest BCUT2D eigenvalue weighted by Crippen LogP contribution is -2.59. The topological polar surface area (TPSA) is 45.2 Å². The van der Waals surface area contributed by atoms with E-state index in [-0.39, 0.29) is 0 Å². The van der Waals surface area contributed by atoms with Gasteiger partial charge in [0.1, 0.15) is 0 Å². The van der Waals surface area contributed by atoms with Gasteiger partial charge < -0.3 is 9.80 Å². The first-order chi connectivity index (χ1) is 10.7. The largest absolute Gasteiger partial charge is 0.367 e. The molecule has 1 aliphatic heterocycles. The van der Waals surface area contributed by atoms with Gasteiger partial charge in [-0.25, -0.2) is 0 Å². The van der Waals surface area contributed by atoms with Gasteiger partial charge in [0.05, 0.1) is 22.4 Å². The van der Waals surface area contributed by atoms with E-state index in [1.807, 2.05) is 6.07 Å². The van der Waals surface area contributed by atoms with Gasteiger partial charge in [-0.05, 0) is 31.0 Å². The summed E-state index contributed by atoms with van der Waals surface area (Å²) in [5, 5.41) is 9.41. The molecule has 22 heavy (non-hydrogen) atoms. The minimum absolute atomic E-state index is 0.435. The summed E-state index contributed by atoms with van der Waals surface area (Å²) >= 11 is 6.21. The molecule has 0 radical (unpaired) electrons. The second kappa shape index (κ2) is 5.39. The van der Waals surface area contributed by atoms with E-state index < -0.39 is 0 Å². The number of aromatic nitrogens is 3. The zero-order chi connectivity index (χ0) is 15.1. The SMILES string of the molecule is CN(c1ccncc1Cl)C1CN(c2ccc(C3CC3)nn2)C1. The summed E-state index contributed by atoms with van der Waals surface area (Å²) in [4.78, 5) is 8.50. The Hall–Kier alpha value is -1.88. The first kappa shape index (κ1) is 13.8. The van der Waals surface area contributed by atoms with Crippen LogP contribution in [0.5, 0.6) is 0 Å². The number of pyridine rings is 1. The highest BCUT2D eigenvalue weighted by molar-refractivity contribution is 6.33. The van der Waals surface area contributed by atoms with Gasteiger partial charge >= 0.3 is 0 Å². The fourth-order valence-corrected chi connectivity index (χ4v) is 3.09. The van der Waals surface area contributed by atoms with Gasteiger partial charge in [-0.2, -0.15) is 5.10 Å². The third-order valence-corrected chi connectivity index (χ3v) is 4.82. The molecule has 6 heteroatoms. The lowest BCUT2D eigenvalue weighted by Gasteiger charge is -2.45. The Morgan fingerprint density at radius 3 is 2.64 bits per heavy atom. The lowest BCUT2D eigenvalue weighted by atomic mass is 10.1. The molecule has 2 aromatic heterocycles. The van der Waals surface area contributed by atoms with Crippen molar-refractivity contribution in [3.05, 3.63) is 41.3 Å². The van der Waals surface area contributed by atoms with Crippen molar-refractivity contribution in [2.45, 2.75) is 24.8 Å². The number of hydrogen-bond donors (Lipinski definition) is 0. The van der Waals surface area contributed by atoms with Crippen LogP contribution in [0.4, 0.5) is 11.5 Å². The van der Waals surface area contributed by atoms with E-state index in [2.05, 4.69) is 44.2 Å². The first-order valence-corrected chi connectivity index (χ1v) is 8.01. The molecule has 3 heterocycles. The van der Waals surface area contributed by atoms with E-state index in [4.69, 9.17) is 11.6 Å². The van der Waals surface area contributed by atoms with Crippen molar-refractivity contribution in [2.24, 2.45) is 0 Å². The number of nitrogens with zero attached hydrogens (tertiary/aromatic N) is 5. The summed E-state index contributed by atoms with van der Waals surface area (Å²) in [7, 11) is 2.07. The molecule has 5 nitrogen and oxygen atoms in total. The molecule has 1 saturated heterocycles. The molecular weight excluding hydrogens is 298 g/mol. The number of rotatable bonds is 4. The maximum Gasteiger partial charge on any atom is 0.151 e. The van der Waals surface area contributed by atoms with Crippen LogP contribution in [0.3, 0.4) is 0 Å². The van der Waals surface area contributed by atoms with Crippen molar-refractivity contribution in [3.63, 3.8) is 0 Å². The minimum Gasteiger partial charge on any atom is -0.367 e. The highest BCUT2D eigenvalue weighted by Gasteiger charge is 2.32. The average molecular weight is 316 g/mol. The third-order valence-electron chi connectivity index (χ3n) is 4.53. The van der Waals surface area contributed by atoms with Crippen molar-refractivity contribution in [1.82, 2.24) is 15.2 Å². The summed E-state index contributed by atoms with van der Waals surface area (Å²) in [6.07, 6.45) is 5.98. The molecule has 0 aromatic carbocycles. The number of halogens is 1. The van der Waals surface area contributed by atoms with Gasteiger partial charge in [0.25, 0.3) is 0 Å². The maximum absolute atomic E-state index is 6.21. The fourth-order valence-electron chi connectivity index (χ4n) is 2.84. The molecular formula is C16H18ClN5. The maximum atomic E-state index is 6.21. The molecule has 2 aromatic rings. The molecule has 0 atom stereocenters. The Labute approximate surface area is 134 Å². The molecule has 0 spiro atoms. The van der Waals surface area contributed by atoms with E-state index in [0.29, 0.717) is 17.0 Å². The van der Waals surface area contributed by atoms with Crippen molar-refractivity contribution in [2.75, 3.05) is 29.9 Å². The molecule has 0 bridgehead atoms. The van der Waals surface area contributed by atoms with Crippen molar-refractivity contribution >= 4 is 23.1 Å². The smallest absolute Gasteiger partial charge is 0.151 e. The zero-order valence-electron chi connectivity index (χ0n) is 12.5. The summed E-state index contributed by atoms with van der Waals surface area (Å²) in [5.41, 5.74) is 2.16. The van der Waals surface area contributed by atoms with Crippen LogP contribution in [-0.2, 0) is 0 Å². The Kier molecular flexibility index (Phi) is 3.37. The van der Waals surface area contributed by atoms with Crippen LogP contribution in [0.25, 0.3) is 0 Å². The normalized spacial score (nSPS) is 18.2. The zero-order valence-corrected chi connectivity index (χ0v) is 13.2. The summed E-state index contributed by atoms with van der Waals surface area (Å²) in [6, 6.07) is 6.60. The standard InChI is InChI=1S/C16H18ClN5/c1-21(15-6-7-18-8-13(15)17)12-9-22(10-12)16-5-4-14(19-20-16)11-2-3-11/h4-8,11-12H,2-3,9-10H2,1H3. The molecule has 4 rings (SSSR count). The summed E-state index contributed by atoms with van der Waals surface area (Å²) in [6.45, 7) is 1.87. The fraction of sp³-hybridized carbons (Fsp3) is 0.438. The molecule has 0 amide bonds. The van der Waals surface area contributed by atoms with E-state index in [9.17, 15) is 0 Å². The van der Waals surface area contributed by atoms with Gasteiger partial charge in [0.15, 0.2) is 5.82 Å². The average Bonchev–Trinajstić information content (AvgIpc) is 3.31. The summed E-state index contributed by atoms with van der Waals surface area (Å²) < 4.78 is 0. The van der Waals surface area contributed by atoms with Crippen LogP contribution < -0.4 is 9.80 Å². The van der Waals surface area contributed by atoms with E-state index in [0.717, 1.165) is 30.3 Å². The molecule has 2 aliphatic rings. The van der Waals surface area contributed by atoms with Crippen LogP contribution >= 0.6 is 11.6 Å². The van der Waals surface area contributed by atoms with Crippen LogP contribution in [0.1, 0.15) is 24.5 Å². The van der Waals surface area contributed by atoms with Gasteiger partial charge in [-0.15, -0.1) is 5.10 Å². The molecule has 2 fully saturated rings. The van der Waals surface area contributed by atoms with E-state index in [1.165, 1.54) is 12.8 Å². The third kappa shape index (κ3) is 2.50.